The third-order valence-electron chi connectivity index (χ3n) is 1.71. The fourth-order valence-corrected chi connectivity index (χ4v) is 1.03. The number of hydrogen-bond donors (Lipinski definition) is 3. The molecule has 0 spiro atoms. The van der Waals surface area contributed by atoms with Crippen LogP contribution in [0.2, 0.25) is 0 Å². The van der Waals surface area contributed by atoms with Crippen molar-refractivity contribution in [2.24, 2.45) is 0 Å². The zero-order chi connectivity index (χ0) is 15.1. The van der Waals surface area contributed by atoms with Crippen molar-refractivity contribution in [2.75, 3.05) is 0 Å². The Kier molecular flexibility index (Phi) is 87.1. The van der Waals surface area contributed by atoms with E-state index in [1.165, 1.54) is 44.9 Å². The van der Waals surface area contributed by atoms with Crippen LogP contribution >= 0.6 is 0 Å². The molecule has 6 nitrogen and oxygen atoms in total. The SMILES string of the molecule is CCCCCCCCC.N=C=O.N=C=O.N=C=O.[SnH2]. The van der Waals surface area contributed by atoms with Crippen LogP contribution in [-0.2, 0) is 14.4 Å². The van der Waals surface area contributed by atoms with E-state index >= 15 is 0 Å². The first-order valence-corrected chi connectivity index (χ1v) is 5.78. The molecule has 2 radical (unpaired) electrons. The molecule has 110 valence electrons. The Morgan fingerprint density at radius 3 is 0.947 bits per heavy atom. The third-order valence-corrected chi connectivity index (χ3v) is 1.71. The summed E-state index contributed by atoms with van der Waals surface area (Å²) in [6.07, 6.45) is 12.2. The van der Waals surface area contributed by atoms with Crippen LogP contribution < -0.4 is 0 Å². The minimum atomic E-state index is 0. The van der Waals surface area contributed by atoms with Crippen LogP contribution in [0.1, 0.15) is 58.8 Å². The van der Waals surface area contributed by atoms with Gasteiger partial charge >= 0.3 is 23.9 Å². The fourth-order valence-electron chi connectivity index (χ4n) is 1.03. The molecule has 0 saturated heterocycles. The van der Waals surface area contributed by atoms with E-state index in [4.69, 9.17) is 30.6 Å². The average Bonchev–Trinajstić information content (AvgIpc) is 2.32. The van der Waals surface area contributed by atoms with Gasteiger partial charge in [-0.25, -0.2) is 30.6 Å². The van der Waals surface area contributed by atoms with E-state index in [9.17, 15) is 0 Å². The molecule has 0 aliphatic rings. The van der Waals surface area contributed by atoms with Crippen molar-refractivity contribution < 1.29 is 14.4 Å². The Morgan fingerprint density at radius 2 is 0.789 bits per heavy atom. The maximum absolute atomic E-state index is 8.35. The molecule has 0 aromatic carbocycles. The standard InChI is InChI=1S/C9H20.3CHNO.Sn.2H/c1-3-5-7-9-8-6-4-2;3*2-1-3;;;/h3-9H2,1-2H3;3*2H;;;. The molecule has 0 rings (SSSR count). The van der Waals surface area contributed by atoms with E-state index in [2.05, 4.69) is 13.8 Å². The second kappa shape index (κ2) is 53.9. The van der Waals surface area contributed by atoms with Gasteiger partial charge in [0.1, 0.15) is 0 Å². The molecule has 0 aromatic rings. The number of carbonyl (C=O) groups excluding carboxylic acids is 3. The van der Waals surface area contributed by atoms with Gasteiger partial charge in [0.15, 0.2) is 0 Å². The number of nitrogens with one attached hydrogen (secondary N) is 3. The molecule has 3 N–H and O–H groups in total. The first kappa shape index (κ1) is 30.7. The Hall–Kier alpha value is -1.06. The number of hydrogen-bond acceptors (Lipinski definition) is 6. The van der Waals surface area contributed by atoms with E-state index in [0.717, 1.165) is 18.2 Å². The van der Waals surface area contributed by atoms with E-state index in [1.807, 2.05) is 0 Å². The first-order valence-electron chi connectivity index (χ1n) is 5.78. The van der Waals surface area contributed by atoms with Crippen molar-refractivity contribution >= 4 is 42.1 Å². The summed E-state index contributed by atoms with van der Waals surface area (Å²) < 4.78 is 0. The Morgan fingerprint density at radius 1 is 0.632 bits per heavy atom. The van der Waals surface area contributed by atoms with Gasteiger partial charge in [0.2, 0.25) is 18.2 Å². The minimum absolute atomic E-state index is 0. The molecule has 0 saturated carbocycles. The van der Waals surface area contributed by atoms with E-state index < -0.39 is 0 Å². The summed E-state index contributed by atoms with van der Waals surface area (Å²) in [5, 5.41) is 16.2. The van der Waals surface area contributed by atoms with Crippen LogP contribution in [0, 0.1) is 16.2 Å². The number of unbranched alkanes of at least 4 members (excludes halogenated alkanes) is 6. The number of rotatable bonds is 6. The third kappa shape index (κ3) is 155. The molecule has 19 heavy (non-hydrogen) atoms. The first-order chi connectivity index (χ1) is 8.66. The second-order valence-electron chi connectivity index (χ2n) is 3.07. The fraction of sp³-hybridized carbons (Fsp3) is 0.750. The zero-order valence-corrected chi connectivity index (χ0v) is 15.9. The summed E-state index contributed by atoms with van der Waals surface area (Å²) in [6, 6.07) is 0. The monoisotopic (exact) mass is 379 g/mol. The van der Waals surface area contributed by atoms with Gasteiger partial charge in [-0.05, 0) is 0 Å². The molecule has 0 fully saturated rings. The van der Waals surface area contributed by atoms with Crippen molar-refractivity contribution in [1.29, 1.82) is 16.2 Å². The van der Waals surface area contributed by atoms with Gasteiger partial charge in [-0.1, -0.05) is 58.8 Å². The molecule has 0 aromatic heterocycles. The predicted molar refractivity (Wildman–Crippen MR) is 77.5 cm³/mol. The molecular weight excluding hydrogens is 353 g/mol. The van der Waals surface area contributed by atoms with Crippen LogP contribution in [0.15, 0.2) is 0 Å². The van der Waals surface area contributed by atoms with E-state index in [0.29, 0.717) is 0 Å². The van der Waals surface area contributed by atoms with Crippen LogP contribution in [0.25, 0.3) is 0 Å². The quantitative estimate of drug-likeness (QED) is 0.285. The van der Waals surface area contributed by atoms with Gasteiger partial charge in [-0.3, -0.25) is 0 Å². The van der Waals surface area contributed by atoms with Gasteiger partial charge in [0.25, 0.3) is 0 Å². The molecule has 7 heteroatoms. The molecule has 0 atom stereocenters. The topological polar surface area (TPSA) is 123 Å². The van der Waals surface area contributed by atoms with Gasteiger partial charge in [0, 0.05) is 0 Å². The maximum atomic E-state index is 8.35. The molecule has 0 heterocycles. The summed E-state index contributed by atoms with van der Waals surface area (Å²) in [6.45, 7) is 4.53. The van der Waals surface area contributed by atoms with Gasteiger partial charge in [-0.2, -0.15) is 0 Å². The average molecular weight is 378 g/mol. The Labute approximate surface area is 131 Å². The molecule has 0 amide bonds. The summed E-state index contributed by atoms with van der Waals surface area (Å²) in [7, 11) is 0. The molecule has 0 aliphatic carbocycles. The van der Waals surface area contributed by atoms with Crippen LogP contribution in [-0.4, -0.2) is 42.1 Å². The summed E-state index contributed by atoms with van der Waals surface area (Å²) in [5.41, 5.74) is 0. The Bertz CT molecular complexity index is 196. The molecule has 0 bridgehead atoms. The number of isocyanates is 3. The van der Waals surface area contributed by atoms with Crippen molar-refractivity contribution in [3.8, 4) is 0 Å². The van der Waals surface area contributed by atoms with Gasteiger partial charge < -0.3 is 0 Å². The van der Waals surface area contributed by atoms with Gasteiger partial charge in [0.05, 0.1) is 0 Å². The van der Waals surface area contributed by atoms with Crippen molar-refractivity contribution in [3.05, 3.63) is 0 Å². The molecule has 0 aliphatic heterocycles. The van der Waals surface area contributed by atoms with E-state index in [-0.39, 0.29) is 23.9 Å². The predicted octanol–water partition coefficient (Wildman–Crippen LogP) is 2.54. The summed E-state index contributed by atoms with van der Waals surface area (Å²) in [4.78, 5) is 25.0. The summed E-state index contributed by atoms with van der Waals surface area (Å²) >= 11 is 0. The normalized spacial score (nSPS) is 6.00. The zero-order valence-electron chi connectivity index (χ0n) is 11.9. The second-order valence-corrected chi connectivity index (χ2v) is 3.07. The van der Waals surface area contributed by atoms with Crippen LogP contribution in [0.3, 0.4) is 0 Å². The van der Waals surface area contributed by atoms with Crippen molar-refractivity contribution in [1.82, 2.24) is 0 Å². The van der Waals surface area contributed by atoms with Gasteiger partial charge in [-0.15, -0.1) is 0 Å². The van der Waals surface area contributed by atoms with Crippen molar-refractivity contribution in [2.45, 2.75) is 58.8 Å². The van der Waals surface area contributed by atoms with E-state index in [1.54, 1.807) is 0 Å². The van der Waals surface area contributed by atoms with Crippen LogP contribution in [0.5, 0.6) is 0 Å². The summed E-state index contributed by atoms with van der Waals surface area (Å²) in [5.74, 6) is 0. The Balaban J connectivity index is -0.0000000548. The molecular formula is C12H25N3O3Sn. The van der Waals surface area contributed by atoms with Crippen LogP contribution in [0.4, 0.5) is 0 Å². The van der Waals surface area contributed by atoms with Crippen molar-refractivity contribution in [3.63, 3.8) is 0 Å². The molecule has 0 unspecified atom stereocenters.